The van der Waals surface area contributed by atoms with E-state index in [1.807, 2.05) is 24.4 Å². The van der Waals surface area contributed by atoms with Crippen molar-refractivity contribution >= 4 is 65.8 Å². The average Bonchev–Trinajstić information content (AvgIpc) is 3.55. The van der Waals surface area contributed by atoms with Crippen LogP contribution < -0.4 is 4.90 Å². The molecular weight excluding hydrogens is 541 g/mol. The van der Waals surface area contributed by atoms with Gasteiger partial charge in [0, 0.05) is 37.1 Å². The maximum atomic E-state index is 13.9. The van der Waals surface area contributed by atoms with Crippen molar-refractivity contribution in [3.63, 3.8) is 0 Å². The summed E-state index contributed by atoms with van der Waals surface area (Å²) in [5, 5.41) is 5.76. The fourth-order valence-electron chi connectivity index (χ4n) is 4.29. The molecule has 36 heavy (non-hydrogen) atoms. The Kier molecular flexibility index (Phi) is 7.32. The molecule has 8 nitrogen and oxygen atoms in total. The number of rotatable bonds is 7. The summed E-state index contributed by atoms with van der Waals surface area (Å²) in [6, 6.07) is 13.4. The molecule has 1 amide bonds. The third-order valence-electron chi connectivity index (χ3n) is 6.15. The number of para-hydroxylation sites is 1. The summed E-state index contributed by atoms with van der Waals surface area (Å²) in [6.07, 6.45) is 4.69. The number of amides is 1. The molecule has 1 aliphatic rings. The van der Waals surface area contributed by atoms with Crippen LogP contribution in [0, 0.1) is 5.92 Å². The topological polar surface area (TPSA) is 88.4 Å². The molecule has 0 N–H and O–H groups in total. The number of carbonyl (C=O) groups excluding carboxylic acids is 1. The SMILES string of the molecule is O=C(C1CCCN(S(=O)(=O)c2ccc(Cl)cc2)C1)N(CCn1cccn1)c1nc2c(Cl)cccc2s1. The summed E-state index contributed by atoms with van der Waals surface area (Å²) in [5.74, 6) is -0.658. The highest BCUT2D eigenvalue weighted by atomic mass is 35.5. The highest BCUT2D eigenvalue weighted by Crippen LogP contribution is 2.34. The van der Waals surface area contributed by atoms with Gasteiger partial charge in [0.05, 0.1) is 27.1 Å². The summed E-state index contributed by atoms with van der Waals surface area (Å²) >= 11 is 13.7. The highest BCUT2D eigenvalue weighted by Gasteiger charge is 2.36. The van der Waals surface area contributed by atoms with E-state index in [4.69, 9.17) is 23.2 Å². The Morgan fingerprint density at radius 2 is 1.94 bits per heavy atom. The lowest BCUT2D eigenvalue weighted by molar-refractivity contribution is -0.123. The third-order valence-corrected chi connectivity index (χ3v) is 9.63. The van der Waals surface area contributed by atoms with Crippen LogP contribution in [0.4, 0.5) is 5.13 Å². The molecule has 2 aromatic heterocycles. The van der Waals surface area contributed by atoms with Crippen LogP contribution >= 0.6 is 34.5 Å². The van der Waals surface area contributed by atoms with E-state index >= 15 is 0 Å². The van der Waals surface area contributed by atoms with Gasteiger partial charge in [-0.05, 0) is 55.3 Å². The maximum Gasteiger partial charge on any atom is 0.243 e. The lowest BCUT2D eigenvalue weighted by Crippen LogP contribution is -2.47. The van der Waals surface area contributed by atoms with E-state index in [9.17, 15) is 13.2 Å². The number of carbonyl (C=O) groups is 1. The van der Waals surface area contributed by atoms with Gasteiger partial charge in [-0.2, -0.15) is 9.40 Å². The van der Waals surface area contributed by atoms with Crippen LogP contribution in [0.15, 0.2) is 65.8 Å². The van der Waals surface area contributed by atoms with Gasteiger partial charge in [-0.25, -0.2) is 13.4 Å². The normalized spacial score (nSPS) is 16.9. The molecular formula is C24H23Cl2N5O3S2. The minimum atomic E-state index is -3.75. The molecule has 3 heterocycles. The molecule has 0 radical (unpaired) electrons. The molecule has 0 bridgehead atoms. The van der Waals surface area contributed by atoms with Crippen molar-refractivity contribution in [1.82, 2.24) is 19.1 Å². The Morgan fingerprint density at radius 1 is 1.14 bits per heavy atom. The van der Waals surface area contributed by atoms with Crippen LogP contribution in [0.2, 0.25) is 10.0 Å². The van der Waals surface area contributed by atoms with E-state index in [0.29, 0.717) is 53.2 Å². The molecule has 1 unspecified atom stereocenters. The molecule has 0 spiro atoms. The number of aromatic nitrogens is 3. The van der Waals surface area contributed by atoms with Crippen LogP contribution in [0.5, 0.6) is 0 Å². The fourth-order valence-corrected chi connectivity index (χ4v) is 7.24. The summed E-state index contributed by atoms with van der Waals surface area (Å²) < 4.78 is 30.5. The van der Waals surface area contributed by atoms with Crippen molar-refractivity contribution in [1.29, 1.82) is 0 Å². The Hall–Kier alpha value is -2.50. The number of anilines is 1. The van der Waals surface area contributed by atoms with Gasteiger partial charge in [0.15, 0.2) is 5.13 Å². The standard InChI is InChI=1S/C24H23Cl2N5O3S2/c25-18-7-9-19(10-8-18)36(33,34)30-13-2-4-17(16-30)23(32)31(15-14-29-12-3-11-27-29)24-28-22-20(26)5-1-6-21(22)35-24/h1,3,5-12,17H,2,4,13-16H2. The molecule has 0 aliphatic carbocycles. The summed E-state index contributed by atoms with van der Waals surface area (Å²) in [7, 11) is -3.75. The predicted octanol–water partition coefficient (Wildman–Crippen LogP) is 4.93. The lowest BCUT2D eigenvalue weighted by atomic mass is 9.98. The molecule has 5 rings (SSSR count). The highest BCUT2D eigenvalue weighted by molar-refractivity contribution is 7.89. The summed E-state index contributed by atoms with van der Waals surface area (Å²) in [5.41, 5.74) is 0.645. The van der Waals surface area contributed by atoms with Crippen molar-refractivity contribution < 1.29 is 13.2 Å². The van der Waals surface area contributed by atoms with Gasteiger partial charge in [0.2, 0.25) is 15.9 Å². The monoisotopic (exact) mass is 563 g/mol. The zero-order valence-corrected chi connectivity index (χ0v) is 22.3. The summed E-state index contributed by atoms with van der Waals surface area (Å²) in [4.78, 5) is 20.3. The molecule has 0 saturated carbocycles. The van der Waals surface area contributed by atoms with E-state index in [1.165, 1.54) is 27.8 Å². The Bertz CT molecular complexity index is 1470. The molecule has 188 valence electrons. The number of thiazole rings is 1. The zero-order chi connectivity index (χ0) is 25.3. The van der Waals surface area contributed by atoms with Gasteiger partial charge in [-0.15, -0.1) is 0 Å². The first kappa shape index (κ1) is 25.2. The minimum Gasteiger partial charge on any atom is -0.286 e. The second-order valence-electron chi connectivity index (χ2n) is 8.50. The van der Waals surface area contributed by atoms with Crippen molar-refractivity contribution in [2.75, 3.05) is 24.5 Å². The zero-order valence-electron chi connectivity index (χ0n) is 19.1. The van der Waals surface area contributed by atoms with Gasteiger partial charge < -0.3 is 0 Å². The van der Waals surface area contributed by atoms with Crippen LogP contribution in [-0.2, 0) is 21.4 Å². The van der Waals surface area contributed by atoms with E-state index in [-0.39, 0.29) is 17.3 Å². The maximum absolute atomic E-state index is 13.9. The van der Waals surface area contributed by atoms with E-state index in [2.05, 4.69) is 10.1 Å². The second kappa shape index (κ2) is 10.5. The second-order valence-corrected chi connectivity index (χ2v) is 12.3. The molecule has 1 saturated heterocycles. The van der Waals surface area contributed by atoms with Gasteiger partial charge in [0.1, 0.15) is 5.52 Å². The first-order valence-corrected chi connectivity index (χ1v) is 14.4. The quantitative estimate of drug-likeness (QED) is 0.318. The molecule has 1 aliphatic heterocycles. The van der Waals surface area contributed by atoms with Crippen molar-refractivity contribution in [2.24, 2.45) is 5.92 Å². The van der Waals surface area contributed by atoms with Crippen LogP contribution in [0.1, 0.15) is 12.8 Å². The van der Waals surface area contributed by atoms with Crippen LogP contribution in [-0.4, -0.2) is 53.0 Å². The molecule has 1 fully saturated rings. The number of sulfonamides is 1. The van der Waals surface area contributed by atoms with Gasteiger partial charge in [-0.1, -0.05) is 40.6 Å². The van der Waals surface area contributed by atoms with Crippen molar-refractivity contribution in [3.05, 3.63) is 71.0 Å². The largest absolute Gasteiger partial charge is 0.286 e. The minimum absolute atomic E-state index is 0.105. The molecule has 1 atom stereocenters. The number of fused-ring (bicyclic) bond motifs is 1. The van der Waals surface area contributed by atoms with E-state index < -0.39 is 15.9 Å². The molecule has 2 aromatic carbocycles. The number of halogens is 2. The Morgan fingerprint density at radius 3 is 2.67 bits per heavy atom. The lowest BCUT2D eigenvalue weighted by Gasteiger charge is -2.33. The van der Waals surface area contributed by atoms with Crippen molar-refractivity contribution in [2.45, 2.75) is 24.3 Å². The predicted molar refractivity (Wildman–Crippen MR) is 142 cm³/mol. The molecule has 4 aromatic rings. The van der Waals surface area contributed by atoms with E-state index in [1.54, 1.807) is 34.0 Å². The molecule has 12 heteroatoms. The number of nitrogens with zero attached hydrogens (tertiary/aromatic N) is 5. The first-order chi connectivity index (χ1) is 17.3. The number of hydrogen-bond donors (Lipinski definition) is 0. The van der Waals surface area contributed by atoms with Crippen LogP contribution in [0.25, 0.3) is 10.2 Å². The van der Waals surface area contributed by atoms with Crippen LogP contribution in [0.3, 0.4) is 0 Å². The van der Waals surface area contributed by atoms with Crippen molar-refractivity contribution in [3.8, 4) is 0 Å². The van der Waals surface area contributed by atoms with E-state index in [0.717, 1.165) is 4.70 Å². The summed E-state index contributed by atoms with van der Waals surface area (Å²) in [6.45, 7) is 1.28. The smallest absolute Gasteiger partial charge is 0.243 e. The number of piperidine rings is 1. The van der Waals surface area contributed by atoms with Gasteiger partial charge in [-0.3, -0.25) is 14.4 Å². The Labute approximate surface area is 223 Å². The van der Waals surface area contributed by atoms with Gasteiger partial charge in [0.25, 0.3) is 0 Å². The third kappa shape index (κ3) is 5.14. The van der Waals surface area contributed by atoms with Gasteiger partial charge >= 0.3 is 0 Å². The fraction of sp³-hybridized carbons (Fsp3) is 0.292. The average molecular weight is 565 g/mol. The first-order valence-electron chi connectivity index (χ1n) is 11.4. The number of benzene rings is 2. The Balaban J connectivity index is 1.42. The number of hydrogen-bond acceptors (Lipinski definition) is 6.